The minimum Gasteiger partial charge on any atom is -0.450 e. The normalized spacial score (nSPS) is 10.5. The molecule has 0 fully saturated rings. The number of carbonyl (C=O) groups is 3. The Morgan fingerprint density at radius 3 is 2.73 bits per heavy atom. The Hall–Kier alpha value is -3.27. The predicted octanol–water partition coefficient (Wildman–Crippen LogP) is 2.17. The Morgan fingerprint density at radius 2 is 2.00 bits per heavy atom. The number of ether oxygens (including phenoxy) is 1. The van der Waals surface area contributed by atoms with Gasteiger partial charge in [-0.15, -0.1) is 11.3 Å². The van der Waals surface area contributed by atoms with Crippen molar-refractivity contribution in [3.05, 3.63) is 41.0 Å². The summed E-state index contributed by atoms with van der Waals surface area (Å²) in [5.41, 5.74) is 0.753. The molecule has 2 N–H and O–H groups in total. The molecule has 2 heterocycles. The van der Waals surface area contributed by atoms with Crippen molar-refractivity contribution in [3.8, 4) is 0 Å². The Bertz CT molecular complexity index is 961. The van der Waals surface area contributed by atoms with Gasteiger partial charge in [0.2, 0.25) is 0 Å². The van der Waals surface area contributed by atoms with Crippen molar-refractivity contribution >= 4 is 45.3 Å². The van der Waals surface area contributed by atoms with Crippen molar-refractivity contribution in [1.82, 2.24) is 20.1 Å². The minimum absolute atomic E-state index is 0.0371. The van der Waals surface area contributed by atoms with Crippen LogP contribution in [-0.4, -0.2) is 39.3 Å². The summed E-state index contributed by atoms with van der Waals surface area (Å²) in [5, 5.41) is 8.89. The van der Waals surface area contributed by atoms with Crippen molar-refractivity contribution in [1.29, 1.82) is 0 Å². The molecule has 134 valence electrons. The number of nitrogens with zero attached hydrogens (tertiary/aromatic N) is 3. The van der Waals surface area contributed by atoms with Crippen LogP contribution in [-0.2, 0) is 11.8 Å². The van der Waals surface area contributed by atoms with E-state index in [-0.39, 0.29) is 23.0 Å². The number of imide groups is 1. The number of anilines is 1. The number of alkyl carbamates (subject to hydrolysis) is 1. The standard InChI is InChI=1S/C16H15N5O4S/c1-3-25-16(24)20-13(22)9-8-17-21(2)12(9)19-14(23)15-18-10-6-4-5-7-11(10)26-15/h4-8H,3H2,1-2H3,(H,19,23)(H,20,22,24). The smallest absolute Gasteiger partial charge is 0.414 e. The molecule has 3 rings (SSSR count). The van der Waals surface area contributed by atoms with Gasteiger partial charge < -0.3 is 10.1 Å². The van der Waals surface area contributed by atoms with Crippen LogP contribution in [0.2, 0.25) is 0 Å². The molecule has 0 saturated heterocycles. The third kappa shape index (κ3) is 3.54. The van der Waals surface area contributed by atoms with Crippen molar-refractivity contribution in [2.75, 3.05) is 11.9 Å². The van der Waals surface area contributed by atoms with E-state index in [2.05, 4.69) is 25.5 Å². The molecule has 1 aromatic carbocycles. The van der Waals surface area contributed by atoms with E-state index >= 15 is 0 Å². The molecular formula is C16H15N5O4S. The number of thiazole rings is 1. The number of benzene rings is 1. The number of aromatic nitrogens is 3. The number of hydrogen-bond acceptors (Lipinski definition) is 7. The summed E-state index contributed by atoms with van der Waals surface area (Å²) in [7, 11) is 1.56. The fourth-order valence-corrected chi connectivity index (χ4v) is 3.07. The second-order valence-corrected chi connectivity index (χ2v) is 6.18. The third-order valence-electron chi connectivity index (χ3n) is 3.39. The molecule has 0 atom stereocenters. The average molecular weight is 373 g/mol. The Labute approximate surface area is 152 Å². The highest BCUT2D eigenvalue weighted by Gasteiger charge is 2.22. The third-order valence-corrected chi connectivity index (χ3v) is 4.43. The lowest BCUT2D eigenvalue weighted by molar-refractivity contribution is 0.0925. The maximum Gasteiger partial charge on any atom is 0.414 e. The summed E-state index contributed by atoms with van der Waals surface area (Å²) in [6, 6.07) is 7.38. The fourth-order valence-electron chi connectivity index (χ4n) is 2.21. The number of aryl methyl sites for hydroxylation is 1. The van der Waals surface area contributed by atoms with Crippen LogP contribution >= 0.6 is 11.3 Å². The molecule has 2 aromatic heterocycles. The first-order chi connectivity index (χ1) is 12.5. The van der Waals surface area contributed by atoms with Gasteiger partial charge in [0.25, 0.3) is 11.8 Å². The van der Waals surface area contributed by atoms with E-state index in [1.54, 1.807) is 14.0 Å². The molecular weight excluding hydrogens is 358 g/mol. The first-order valence-corrected chi connectivity index (χ1v) is 8.48. The topological polar surface area (TPSA) is 115 Å². The van der Waals surface area contributed by atoms with Crippen LogP contribution in [0.4, 0.5) is 10.6 Å². The number of fused-ring (bicyclic) bond motifs is 1. The van der Waals surface area contributed by atoms with Crippen LogP contribution in [0.5, 0.6) is 0 Å². The zero-order chi connectivity index (χ0) is 18.7. The van der Waals surface area contributed by atoms with Crippen molar-refractivity contribution in [3.63, 3.8) is 0 Å². The molecule has 0 aliphatic carbocycles. The average Bonchev–Trinajstić information content (AvgIpc) is 3.19. The Kier molecular flexibility index (Phi) is 4.94. The molecule has 0 bridgehead atoms. The zero-order valence-electron chi connectivity index (χ0n) is 14.0. The van der Waals surface area contributed by atoms with Gasteiger partial charge in [0, 0.05) is 7.05 Å². The van der Waals surface area contributed by atoms with Crippen LogP contribution in [0.3, 0.4) is 0 Å². The molecule has 3 amide bonds. The van der Waals surface area contributed by atoms with Gasteiger partial charge in [-0.25, -0.2) is 9.78 Å². The Balaban J connectivity index is 1.81. The van der Waals surface area contributed by atoms with Crippen molar-refractivity contribution in [2.45, 2.75) is 6.92 Å². The molecule has 0 aliphatic rings. The highest BCUT2D eigenvalue weighted by atomic mass is 32.1. The van der Waals surface area contributed by atoms with E-state index in [0.717, 1.165) is 4.70 Å². The predicted molar refractivity (Wildman–Crippen MR) is 95.3 cm³/mol. The fraction of sp³-hybridized carbons (Fsp3) is 0.188. The SMILES string of the molecule is CCOC(=O)NC(=O)c1cnn(C)c1NC(=O)c1nc2ccccc2s1. The first-order valence-electron chi connectivity index (χ1n) is 7.66. The summed E-state index contributed by atoms with van der Waals surface area (Å²) >= 11 is 1.24. The van der Waals surface area contributed by atoms with Crippen LogP contribution < -0.4 is 10.6 Å². The van der Waals surface area contributed by atoms with Crippen molar-refractivity contribution < 1.29 is 19.1 Å². The molecule has 3 aromatic rings. The lowest BCUT2D eigenvalue weighted by Gasteiger charge is -2.07. The van der Waals surface area contributed by atoms with Gasteiger partial charge >= 0.3 is 6.09 Å². The second kappa shape index (κ2) is 7.31. The van der Waals surface area contributed by atoms with Gasteiger partial charge in [-0.3, -0.25) is 19.6 Å². The van der Waals surface area contributed by atoms with Gasteiger partial charge in [-0.2, -0.15) is 5.10 Å². The van der Waals surface area contributed by atoms with Gasteiger partial charge in [0.15, 0.2) is 5.01 Å². The van der Waals surface area contributed by atoms with Crippen LogP contribution in [0.25, 0.3) is 10.2 Å². The molecule has 10 heteroatoms. The number of rotatable bonds is 4. The van der Waals surface area contributed by atoms with E-state index in [4.69, 9.17) is 0 Å². The quantitative estimate of drug-likeness (QED) is 0.724. The maximum atomic E-state index is 12.5. The van der Waals surface area contributed by atoms with E-state index in [1.165, 1.54) is 22.2 Å². The molecule has 0 spiro atoms. The molecule has 0 unspecified atom stereocenters. The number of nitrogens with one attached hydrogen (secondary N) is 2. The molecule has 0 aliphatic heterocycles. The minimum atomic E-state index is -0.871. The van der Waals surface area contributed by atoms with Gasteiger partial charge in [-0.1, -0.05) is 12.1 Å². The zero-order valence-corrected chi connectivity index (χ0v) is 14.8. The van der Waals surface area contributed by atoms with Crippen molar-refractivity contribution in [2.24, 2.45) is 7.05 Å². The highest BCUT2D eigenvalue weighted by molar-refractivity contribution is 7.20. The first kappa shape index (κ1) is 17.5. The lowest BCUT2D eigenvalue weighted by atomic mass is 10.3. The van der Waals surface area contributed by atoms with Gasteiger partial charge in [0.05, 0.1) is 23.0 Å². The van der Waals surface area contributed by atoms with Gasteiger partial charge in [0.1, 0.15) is 11.4 Å². The Morgan fingerprint density at radius 1 is 1.23 bits per heavy atom. The molecule has 9 nitrogen and oxygen atoms in total. The summed E-state index contributed by atoms with van der Waals surface area (Å²) < 4.78 is 6.87. The maximum absolute atomic E-state index is 12.5. The largest absolute Gasteiger partial charge is 0.450 e. The van der Waals surface area contributed by atoms with Crippen LogP contribution in [0.1, 0.15) is 27.1 Å². The van der Waals surface area contributed by atoms with Crippen LogP contribution in [0.15, 0.2) is 30.5 Å². The summed E-state index contributed by atoms with van der Waals surface area (Å²) in [5.74, 6) is -1.05. The molecule has 26 heavy (non-hydrogen) atoms. The molecule has 0 saturated carbocycles. The van der Waals surface area contributed by atoms with E-state index < -0.39 is 17.9 Å². The van der Waals surface area contributed by atoms with Gasteiger partial charge in [-0.05, 0) is 19.1 Å². The number of amides is 3. The van der Waals surface area contributed by atoms with E-state index in [9.17, 15) is 14.4 Å². The number of hydrogen-bond donors (Lipinski definition) is 2. The second-order valence-electron chi connectivity index (χ2n) is 5.15. The lowest BCUT2D eigenvalue weighted by Crippen LogP contribution is -2.31. The summed E-state index contributed by atoms with van der Waals surface area (Å²) in [6.07, 6.45) is 0.382. The summed E-state index contributed by atoms with van der Waals surface area (Å²) in [6.45, 7) is 1.76. The summed E-state index contributed by atoms with van der Waals surface area (Å²) in [4.78, 5) is 40.4. The van der Waals surface area contributed by atoms with Crippen LogP contribution in [0, 0.1) is 0 Å². The highest BCUT2D eigenvalue weighted by Crippen LogP contribution is 2.23. The molecule has 0 radical (unpaired) electrons. The number of para-hydroxylation sites is 1. The monoisotopic (exact) mass is 373 g/mol. The van der Waals surface area contributed by atoms with E-state index in [0.29, 0.717) is 5.52 Å². The number of carbonyl (C=O) groups excluding carboxylic acids is 3. The van der Waals surface area contributed by atoms with E-state index in [1.807, 2.05) is 24.3 Å².